The molecule has 0 aromatic rings. The fourth-order valence-corrected chi connectivity index (χ4v) is 8.47. The Morgan fingerprint density at radius 2 is 1.77 bits per heavy atom. The predicted molar refractivity (Wildman–Crippen MR) is 102 cm³/mol. The van der Waals surface area contributed by atoms with Crippen molar-refractivity contribution in [1.82, 2.24) is 5.32 Å². The summed E-state index contributed by atoms with van der Waals surface area (Å²) in [6, 6.07) is 0.450. The van der Waals surface area contributed by atoms with Crippen molar-refractivity contribution in [2.45, 2.75) is 97.1 Å². The smallest absolute Gasteiger partial charge is 0.139 e. The molecule has 0 aromatic heterocycles. The molecule has 0 aromatic carbocycles. The van der Waals surface area contributed by atoms with E-state index in [1.165, 1.54) is 19.3 Å². The molecule has 3 heteroatoms. The summed E-state index contributed by atoms with van der Waals surface area (Å²) in [4.78, 5) is 25.1. The topological polar surface area (TPSA) is 46.2 Å². The molecule has 0 radical (unpaired) electrons. The zero-order chi connectivity index (χ0) is 18.5. The number of carbonyl (C=O) groups is 2. The molecule has 7 atom stereocenters. The maximum atomic E-state index is 12.7. The lowest BCUT2D eigenvalue weighted by Crippen LogP contribution is -2.59. The highest BCUT2D eigenvalue weighted by molar-refractivity contribution is 5.87. The average molecular weight is 358 g/mol. The van der Waals surface area contributed by atoms with Gasteiger partial charge in [-0.1, -0.05) is 6.92 Å². The highest BCUT2D eigenvalue weighted by Gasteiger charge is 2.79. The second-order valence-electron chi connectivity index (χ2n) is 11.7. The summed E-state index contributed by atoms with van der Waals surface area (Å²) in [5, 5.41) is 3.95. The lowest BCUT2D eigenvalue weighted by Gasteiger charge is -2.56. The first-order chi connectivity index (χ1) is 12.1. The summed E-state index contributed by atoms with van der Waals surface area (Å²) in [5.74, 6) is 3.06. The normalized spacial score (nSPS) is 52.8. The molecule has 1 unspecified atom stereocenters. The maximum Gasteiger partial charge on any atom is 0.139 e. The summed E-state index contributed by atoms with van der Waals surface area (Å²) >= 11 is 0. The molecule has 3 nitrogen and oxygen atoms in total. The summed E-state index contributed by atoms with van der Waals surface area (Å²) in [6.45, 7) is 9.05. The van der Waals surface area contributed by atoms with Crippen LogP contribution in [0, 0.1) is 34.0 Å². The van der Waals surface area contributed by atoms with Crippen molar-refractivity contribution in [2.24, 2.45) is 34.0 Å². The monoisotopic (exact) mass is 357 g/mol. The number of fused-ring (bicyclic) bond motifs is 3. The summed E-state index contributed by atoms with van der Waals surface area (Å²) in [6.07, 6.45) is 9.41. The third-order valence-electron chi connectivity index (χ3n) is 9.50. The number of hydrogen-bond acceptors (Lipinski definition) is 3. The Bertz CT molecular complexity index is 678. The fraction of sp³-hybridized carbons (Fsp3) is 0.913. The first kappa shape index (κ1) is 17.4. The van der Waals surface area contributed by atoms with E-state index < -0.39 is 0 Å². The zero-order valence-corrected chi connectivity index (χ0v) is 17.0. The second kappa shape index (κ2) is 5.01. The van der Waals surface area contributed by atoms with Gasteiger partial charge in [0.2, 0.25) is 0 Å². The SMILES string of the molecule is CC(C)(C)NC1C[C@@H]2[C@H](CC[C@]3(C)C(=O)CC[C@@H]23)[C@@]23CCC(=O)C[C@@]12C3. The molecule has 0 aliphatic heterocycles. The molecule has 5 aliphatic rings. The number of carbonyl (C=O) groups excluding carboxylic acids is 2. The molecule has 5 saturated carbocycles. The Labute approximate surface area is 158 Å². The lowest BCUT2D eigenvalue weighted by atomic mass is 9.49. The Balaban J connectivity index is 1.53. The van der Waals surface area contributed by atoms with Gasteiger partial charge in [0.15, 0.2) is 0 Å². The largest absolute Gasteiger partial charge is 0.309 e. The van der Waals surface area contributed by atoms with Crippen molar-refractivity contribution in [3.8, 4) is 0 Å². The standard InChI is InChI=1S/C23H35NO2/c1-20(2,3)24-18-11-15-16-5-6-19(26)21(16,4)9-8-17(15)22-10-7-14(25)12-23(18,22)13-22/h15-18,24H,5-13H2,1-4H3/t15-,16-,17-,18?,21-,22-,23+/m0/s1. The third-order valence-corrected chi connectivity index (χ3v) is 9.50. The van der Waals surface area contributed by atoms with E-state index in [-0.39, 0.29) is 16.4 Å². The number of rotatable bonds is 1. The van der Waals surface area contributed by atoms with E-state index in [9.17, 15) is 9.59 Å². The molecule has 5 rings (SSSR count). The van der Waals surface area contributed by atoms with Crippen LogP contribution in [-0.4, -0.2) is 23.1 Å². The van der Waals surface area contributed by atoms with E-state index in [4.69, 9.17) is 0 Å². The van der Waals surface area contributed by atoms with E-state index in [1.54, 1.807) is 0 Å². The first-order valence-electron chi connectivity index (χ1n) is 10.9. The summed E-state index contributed by atoms with van der Waals surface area (Å²) in [5.41, 5.74) is 0.654. The van der Waals surface area contributed by atoms with Crippen LogP contribution in [0.25, 0.3) is 0 Å². The van der Waals surface area contributed by atoms with E-state index in [0.717, 1.165) is 44.4 Å². The molecule has 0 bridgehead atoms. The molecule has 0 spiro atoms. The number of ketones is 2. The van der Waals surface area contributed by atoms with Gasteiger partial charge in [-0.15, -0.1) is 0 Å². The van der Waals surface area contributed by atoms with Crippen molar-refractivity contribution in [3.63, 3.8) is 0 Å². The van der Waals surface area contributed by atoms with Crippen LogP contribution in [0.3, 0.4) is 0 Å². The van der Waals surface area contributed by atoms with Crippen LogP contribution in [0.2, 0.25) is 0 Å². The van der Waals surface area contributed by atoms with E-state index in [2.05, 4.69) is 33.0 Å². The van der Waals surface area contributed by atoms with Crippen molar-refractivity contribution >= 4 is 11.6 Å². The van der Waals surface area contributed by atoms with Gasteiger partial charge >= 0.3 is 0 Å². The average Bonchev–Trinajstić information content (AvgIpc) is 3.14. The van der Waals surface area contributed by atoms with Crippen molar-refractivity contribution < 1.29 is 9.59 Å². The van der Waals surface area contributed by atoms with Gasteiger partial charge in [0.25, 0.3) is 0 Å². The molecule has 0 amide bonds. The van der Waals surface area contributed by atoms with Crippen molar-refractivity contribution in [1.29, 1.82) is 0 Å². The predicted octanol–water partition coefficient (Wildman–Crippen LogP) is 4.29. The van der Waals surface area contributed by atoms with Crippen LogP contribution in [0.1, 0.15) is 85.5 Å². The van der Waals surface area contributed by atoms with Gasteiger partial charge in [0.05, 0.1) is 0 Å². The Morgan fingerprint density at radius 1 is 1.00 bits per heavy atom. The van der Waals surface area contributed by atoms with Gasteiger partial charge in [0, 0.05) is 36.3 Å². The van der Waals surface area contributed by atoms with Gasteiger partial charge in [-0.25, -0.2) is 0 Å². The van der Waals surface area contributed by atoms with Crippen LogP contribution in [0.15, 0.2) is 0 Å². The minimum absolute atomic E-state index is 0.0521. The van der Waals surface area contributed by atoms with Crippen LogP contribution >= 0.6 is 0 Å². The molecule has 1 N–H and O–H groups in total. The van der Waals surface area contributed by atoms with E-state index >= 15 is 0 Å². The van der Waals surface area contributed by atoms with Crippen LogP contribution < -0.4 is 5.32 Å². The molecular formula is C23H35NO2. The first-order valence-corrected chi connectivity index (χ1v) is 10.9. The molecular weight excluding hydrogens is 322 g/mol. The zero-order valence-electron chi connectivity index (χ0n) is 17.0. The minimum Gasteiger partial charge on any atom is -0.309 e. The molecule has 5 fully saturated rings. The van der Waals surface area contributed by atoms with Crippen molar-refractivity contribution in [2.75, 3.05) is 0 Å². The van der Waals surface area contributed by atoms with Crippen LogP contribution in [0.5, 0.6) is 0 Å². The fourth-order valence-electron chi connectivity index (χ4n) is 8.47. The Hall–Kier alpha value is -0.700. The molecule has 0 saturated heterocycles. The van der Waals surface area contributed by atoms with E-state index in [1.807, 2.05) is 0 Å². The van der Waals surface area contributed by atoms with Gasteiger partial charge in [-0.05, 0) is 87.9 Å². The summed E-state index contributed by atoms with van der Waals surface area (Å²) in [7, 11) is 0. The second-order valence-corrected chi connectivity index (χ2v) is 11.7. The lowest BCUT2D eigenvalue weighted by molar-refractivity contribution is -0.136. The van der Waals surface area contributed by atoms with Crippen LogP contribution in [-0.2, 0) is 9.59 Å². The minimum atomic E-state index is -0.0521. The highest BCUT2D eigenvalue weighted by Crippen LogP contribution is 2.82. The third kappa shape index (κ3) is 2.04. The van der Waals surface area contributed by atoms with Gasteiger partial charge in [-0.2, -0.15) is 0 Å². The van der Waals surface area contributed by atoms with Gasteiger partial charge < -0.3 is 5.32 Å². The highest BCUT2D eigenvalue weighted by atomic mass is 16.1. The number of nitrogens with one attached hydrogen (secondary N) is 1. The van der Waals surface area contributed by atoms with Gasteiger partial charge in [-0.3, -0.25) is 9.59 Å². The number of Topliss-reactive ketones (excluding diaryl/α,β-unsaturated/α-hetero) is 2. The molecule has 5 aliphatic carbocycles. The molecule has 144 valence electrons. The number of hydrogen-bond donors (Lipinski definition) is 1. The van der Waals surface area contributed by atoms with E-state index in [0.29, 0.717) is 34.9 Å². The summed E-state index contributed by atoms with van der Waals surface area (Å²) < 4.78 is 0. The Kier molecular flexibility index (Phi) is 3.36. The molecule has 0 heterocycles. The molecule has 26 heavy (non-hydrogen) atoms. The Morgan fingerprint density at radius 3 is 2.50 bits per heavy atom. The quantitative estimate of drug-likeness (QED) is 0.761. The van der Waals surface area contributed by atoms with Crippen molar-refractivity contribution in [3.05, 3.63) is 0 Å². The maximum absolute atomic E-state index is 12.7. The van der Waals surface area contributed by atoms with Gasteiger partial charge in [0.1, 0.15) is 11.6 Å². The van der Waals surface area contributed by atoms with Crippen LogP contribution in [0.4, 0.5) is 0 Å².